The molecule has 1 N–H and O–H groups in total. The van der Waals surface area contributed by atoms with Gasteiger partial charge in [-0.05, 0) is 60.6 Å². The average molecular weight is 624 g/mol. The fourth-order valence-corrected chi connectivity index (χ4v) is 6.82. The minimum absolute atomic E-state index is 0.114. The Bertz CT molecular complexity index is 2100. The van der Waals surface area contributed by atoms with Crippen molar-refractivity contribution in [2.45, 2.75) is 31.7 Å². The minimum Gasteiger partial charge on any atom is -0.330 e. The van der Waals surface area contributed by atoms with Crippen LogP contribution in [0.2, 0.25) is 0 Å². The van der Waals surface area contributed by atoms with Crippen LogP contribution in [0.25, 0.3) is 28.2 Å². The summed E-state index contributed by atoms with van der Waals surface area (Å²) in [6.07, 6.45) is 2.13. The Morgan fingerprint density at radius 3 is 2.49 bits per heavy atom. The molecule has 1 unspecified atom stereocenters. The molecule has 3 aromatic carbocycles. The molecule has 0 bridgehead atoms. The second-order valence-corrected chi connectivity index (χ2v) is 13.5. The zero-order chi connectivity index (χ0) is 31.5. The number of nitrogens with zero attached hydrogens (tertiary/aromatic N) is 4. The molecule has 0 saturated heterocycles. The minimum atomic E-state index is -3.67. The zero-order valence-electron chi connectivity index (χ0n) is 24.6. The van der Waals surface area contributed by atoms with Crippen LogP contribution in [0.4, 0.5) is 4.39 Å². The molecule has 2 aliphatic rings. The maximum atomic E-state index is 15.6. The van der Waals surface area contributed by atoms with Crippen LogP contribution in [0.1, 0.15) is 52.5 Å². The number of sulfonamides is 1. The van der Waals surface area contributed by atoms with E-state index in [9.17, 15) is 18.0 Å². The molecule has 11 heteroatoms. The van der Waals surface area contributed by atoms with Gasteiger partial charge in [0.1, 0.15) is 11.5 Å². The van der Waals surface area contributed by atoms with Gasteiger partial charge >= 0.3 is 0 Å². The van der Waals surface area contributed by atoms with E-state index in [1.807, 2.05) is 59.0 Å². The summed E-state index contributed by atoms with van der Waals surface area (Å²) in [5.74, 6) is -2.08. The molecular formula is C34H30FN5O4S. The van der Waals surface area contributed by atoms with Crippen LogP contribution < -0.4 is 4.72 Å². The molecule has 9 nitrogen and oxygen atoms in total. The SMILES string of the molecule is C[C@@H]1c2ccccc2CCN1C(=O)c1cc(-c2ccccc2)n2nc(-c3ccc(C4C[C@H]4C(=O)NS(C)(=O)=O)cc3F)cc2n1. The third-order valence-corrected chi connectivity index (χ3v) is 9.25. The van der Waals surface area contributed by atoms with Crippen molar-refractivity contribution in [3.8, 4) is 22.5 Å². The van der Waals surface area contributed by atoms with Gasteiger partial charge in [0.25, 0.3) is 5.91 Å². The van der Waals surface area contributed by atoms with Gasteiger partial charge in [0, 0.05) is 29.7 Å². The summed E-state index contributed by atoms with van der Waals surface area (Å²) in [4.78, 5) is 32.7. The van der Waals surface area contributed by atoms with Gasteiger partial charge < -0.3 is 4.90 Å². The molecule has 1 fully saturated rings. The van der Waals surface area contributed by atoms with Crippen molar-refractivity contribution >= 4 is 27.5 Å². The molecule has 2 amide bonds. The van der Waals surface area contributed by atoms with E-state index in [1.54, 1.807) is 28.8 Å². The summed E-state index contributed by atoms with van der Waals surface area (Å²) in [7, 11) is -3.67. The van der Waals surface area contributed by atoms with Crippen LogP contribution in [0, 0.1) is 11.7 Å². The maximum absolute atomic E-state index is 15.6. The molecule has 1 saturated carbocycles. The first-order valence-electron chi connectivity index (χ1n) is 14.7. The summed E-state index contributed by atoms with van der Waals surface area (Å²) >= 11 is 0. The van der Waals surface area contributed by atoms with E-state index < -0.39 is 27.7 Å². The monoisotopic (exact) mass is 623 g/mol. The van der Waals surface area contributed by atoms with E-state index in [0.29, 0.717) is 35.6 Å². The second kappa shape index (κ2) is 10.9. The predicted molar refractivity (Wildman–Crippen MR) is 167 cm³/mol. The highest BCUT2D eigenvalue weighted by molar-refractivity contribution is 7.89. The third kappa shape index (κ3) is 5.48. The molecule has 228 valence electrons. The number of carbonyl (C=O) groups is 2. The molecule has 0 spiro atoms. The summed E-state index contributed by atoms with van der Waals surface area (Å²) in [6.45, 7) is 2.60. The molecule has 5 aromatic rings. The number of benzene rings is 3. The number of amides is 2. The number of carbonyl (C=O) groups excluding carboxylic acids is 2. The van der Waals surface area contributed by atoms with Crippen LogP contribution in [-0.4, -0.2) is 52.5 Å². The highest BCUT2D eigenvalue weighted by atomic mass is 32.2. The number of hydrogen-bond acceptors (Lipinski definition) is 6. The zero-order valence-corrected chi connectivity index (χ0v) is 25.5. The summed E-state index contributed by atoms with van der Waals surface area (Å²) in [6, 6.07) is 25.7. The van der Waals surface area contributed by atoms with Gasteiger partial charge in [-0.2, -0.15) is 5.10 Å². The van der Waals surface area contributed by atoms with Gasteiger partial charge in [-0.15, -0.1) is 0 Å². The Morgan fingerprint density at radius 2 is 1.73 bits per heavy atom. The number of rotatable bonds is 6. The van der Waals surface area contributed by atoms with Crippen LogP contribution in [0.5, 0.6) is 0 Å². The lowest BCUT2D eigenvalue weighted by atomic mass is 9.93. The van der Waals surface area contributed by atoms with Crippen LogP contribution in [-0.2, 0) is 21.2 Å². The van der Waals surface area contributed by atoms with Gasteiger partial charge in [-0.3, -0.25) is 14.3 Å². The summed E-state index contributed by atoms with van der Waals surface area (Å²) in [5.41, 5.74) is 5.73. The quantitative estimate of drug-likeness (QED) is 0.280. The molecule has 45 heavy (non-hydrogen) atoms. The number of nitrogens with one attached hydrogen (secondary N) is 1. The third-order valence-electron chi connectivity index (χ3n) is 8.68. The van der Waals surface area contributed by atoms with Crippen molar-refractivity contribution in [3.05, 3.63) is 113 Å². The van der Waals surface area contributed by atoms with Gasteiger partial charge in [0.15, 0.2) is 5.65 Å². The average Bonchev–Trinajstić information content (AvgIpc) is 3.72. The highest BCUT2D eigenvalue weighted by Gasteiger charge is 2.45. The molecule has 2 aromatic heterocycles. The summed E-state index contributed by atoms with van der Waals surface area (Å²) in [5, 5.41) is 4.71. The topological polar surface area (TPSA) is 114 Å². The Hall–Kier alpha value is -4.90. The van der Waals surface area contributed by atoms with Crippen LogP contribution in [0.15, 0.2) is 84.9 Å². The van der Waals surface area contributed by atoms with E-state index in [0.717, 1.165) is 23.8 Å². The van der Waals surface area contributed by atoms with Gasteiger partial charge in [-0.1, -0.05) is 60.7 Å². The van der Waals surface area contributed by atoms with Crippen molar-refractivity contribution in [2.24, 2.45) is 5.92 Å². The van der Waals surface area contributed by atoms with E-state index in [1.165, 1.54) is 11.6 Å². The highest BCUT2D eigenvalue weighted by Crippen LogP contribution is 2.48. The Kier molecular flexibility index (Phi) is 7.00. The lowest BCUT2D eigenvalue weighted by Crippen LogP contribution is -2.39. The molecular weight excluding hydrogens is 593 g/mol. The Morgan fingerprint density at radius 1 is 0.978 bits per heavy atom. The molecule has 1 aliphatic heterocycles. The molecule has 1 aliphatic carbocycles. The van der Waals surface area contributed by atoms with Crippen molar-refractivity contribution in [1.82, 2.24) is 24.2 Å². The normalized spacial score (nSPS) is 19.3. The molecule has 0 radical (unpaired) electrons. The van der Waals surface area contributed by atoms with Gasteiger partial charge in [0.2, 0.25) is 15.9 Å². The number of fused-ring (bicyclic) bond motifs is 2. The number of hydrogen-bond donors (Lipinski definition) is 1. The first-order valence-corrected chi connectivity index (χ1v) is 16.6. The molecule has 7 rings (SSSR count). The summed E-state index contributed by atoms with van der Waals surface area (Å²) < 4.78 is 42.0. The number of aromatic nitrogens is 3. The van der Waals surface area contributed by atoms with Crippen LogP contribution in [0.3, 0.4) is 0 Å². The first-order chi connectivity index (χ1) is 21.6. The van der Waals surface area contributed by atoms with E-state index in [4.69, 9.17) is 10.1 Å². The fourth-order valence-electron chi connectivity index (χ4n) is 6.31. The smallest absolute Gasteiger partial charge is 0.273 e. The largest absolute Gasteiger partial charge is 0.330 e. The Balaban J connectivity index is 1.23. The Labute approximate surface area is 259 Å². The van der Waals surface area contributed by atoms with E-state index in [-0.39, 0.29) is 29.1 Å². The first kappa shape index (κ1) is 28.8. The fraction of sp³-hybridized carbons (Fsp3) is 0.235. The standard InChI is InChI=1S/C34H30FN5O4S/c1-20-24-11-7-6-8-21(24)14-15-39(20)34(42)30-18-31(22-9-4-3-5-10-22)40-32(36-30)19-29(37-40)25-13-12-23(16-28(25)35)26-17-27(26)33(41)38-45(2,43)44/h3-13,16,18-20,26-27H,14-15,17H2,1-2H3,(H,38,41)/t20-,26?,27-/m1/s1. The molecule has 3 atom stereocenters. The van der Waals surface area contributed by atoms with Gasteiger partial charge in [0.05, 0.1) is 23.7 Å². The van der Waals surface area contributed by atoms with Crippen LogP contribution >= 0.6 is 0 Å². The number of halogens is 1. The second-order valence-electron chi connectivity index (χ2n) is 11.7. The molecule has 3 heterocycles. The van der Waals surface area contributed by atoms with Crippen molar-refractivity contribution in [3.63, 3.8) is 0 Å². The lowest BCUT2D eigenvalue weighted by molar-refractivity contribution is -0.120. The van der Waals surface area contributed by atoms with E-state index >= 15 is 4.39 Å². The van der Waals surface area contributed by atoms with Crippen molar-refractivity contribution < 1.29 is 22.4 Å². The van der Waals surface area contributed by atoms with Gasteiger partial charge in [-0.25, -0.2) is 22.3 Å². The predicted octanol–water partition coefficient (Wildman–Crippen LogP) is 5.14. The lowest BCUT2D eigenvalue weighted by Gasteiger charge is -2.35. The van der Waals surface area contributed by atoms with Crippen molar-refractivity contribution in [2.75, 3.05) is 12.8 Å². The maximum Gasteiger partial charge on any atom is 0.273 e. The van der Waals surface area contributed by atoms with E-state index in [2.05, 4.69) is 12.1 Å². The van der Waals surface area contributed by atoms with Crippen molar-refractivity contribution in [1.29, 1.82) is 0 Å².